The van der Waals surface area contributed by atoms with Gasteiger partial charge in [0.05, 0.1) is 7.11 Å². The number of anilines is 2. The van der Waals surface area contributed by atoms with Gasteiger partial charge in [0, 0.05) is 72.2 Å². The molecule has 4 amide bonds. The monoisotopic (exact) mass is 572 g/mol. The summed E-state index contributed by atoms with van der Waals surface area (Å²) in [7, 11) is 1.63. The second kappa shape index (κ2) is 12.7. The Morgan fingerprint density at radius 3 is 2.21 bits per heavy atom. The number of ether oxygens (including phenoxy) is 1. The average Bonchev–Trinajstić information content (AvgIpc) is 3.32. The molecule has 11 heteroatoms. The Morgan fingerprint density at radius 1 is 0.810 bits per heavy atom. The van der Waals surface area contributed by atoms with Crippen molar-refractivity contribution < 1.29 is 33.5 Å². The van der Waals surface area contributed by atoms with Crippen LogP contribution in [0.3, 0.4) is 0 Å². The van der Waals surface area contributed by atoms with Crippen LogP contribution >= 0.6 is 0 Å². The zero-order valence-electron chi connectivity index (χ0n) is 23.3. The number of amides is 4. The Hall–Kier alpha value is -4.93. The first-order valence-corrected chi connectivity index (χ1v) is 14.0. The van der Waals surface area contributed by atoms with Gasteiger partial charge < -0.3 is 20.2 Å². The van der Waals surface area contributed by atoms with Crippen molar-refractivity contribution in [3.05, 3.63) is 65.7 Å². The third-order valence-electron chi connectivity index (χ3n) is 7.31. The molecule has 2 heterocycles. The highest BCUT2D eigenvalue weighted by molar-refractivity contribution is 6.26. The minimum absolute atomic E-state index is 0.0203. The lowest BCUT2D eigenvalue weighted by molar-refractivity contribution is -0.197. The maximum atomic E-state index is 13.3. The molecule has 0 spiro atoms. The van der Waals surface area contributed by atoms with E-state index in [2.05, 4.69) is 10.6 Å². The normalized spacial score (nSPS) is 14.5. The Labute approximate surface area is 242 Å². The SMILES string of the molecule is COc1ccc(NCCNc2ccc3c4c(cccc24)C(=O)N(CCCCCC(=O)ON2C(=O)CCC2=O)C3=O)cc1. The molecule has 218 valence electrons. The van der Waals surface area contributed by atoms with E-state index in [4.69, 9.17) is 9.57 Å². The topological polar surface area (TPSA) is 134 Å². The average molecular weight is 573 g/mol. The van der Waals surface area contributed by atoms with Crippen molar-refractivity contribution in [2.45, 2.75) is 38.5 Å². The Balaban J connectivity index is 1.14. The third kappa shape index (κ3) is 6.04. The molecular formula is C31H32N4O7. The smallest absolute Gasteiger partial charge is 0.333 e. The molecule has 0 radical (unpaired) electrons. The summed E-state index contributed by atoms with van der Waals surface area (Å²) in [5.41, 5.74) is 2.77. The number of carbonyl (C=O) groups is 5. The zero-order valence-corrected chi connectivity index (χ0v) is 23.3. The van der Waals surface area contributed by atoms with Crippen molar-refractivity contribution in [3.8, 4) is 5.75 Å². The van der Waals surface area contributed by atoms with E-state index in [1.54, 1.807) is 19.2 Å². The summed E-state index contributed by atoms with van der Waals surface area (Å²) in [6.45, 7) is 1.49. The summed E-state index contributed by atoms with van der Waals surface area (Å²) >= 11 is 0. The van der Waals surface area contributed by atoms with Crippen LogP contribution in [0.1, 0.15) is 59.2 Å². The molecular weight excluding hydrogens is 540 g/mol. The second-order valence-corrected chi connectivity index (χ2v) is 10.1. The van der Waals surface area contributed by atoms with E-state index in [1.807, 2.05) is 42.5 Å². The number of nitrogens with zero attached hydrogens (tertiary/aromatic N) is 2. The number of unbranched alkanes of at least 4 members (excludes halogenated alkanes) is 2. The number of hydrogen-bond acceptors (Lipinski definition) is 9. The van der Waals surface area contributed by atoms with Gasteiger partial charge >= 0.3 is 5.97 Å². The Kier molecular flexibility index (Phi) is 8.66. The fourth-order valence-electron chi connectivity index (χ4n) is 5.14. The van der Waals surface area contributed by atoms with Crippen molar-refractivity contribution in [3.63, 3.8) is 0 Å². The maximum Gasteiger partial charge on any atom is 0.333 e. The van der Waals surface area contributed by atoms with Gasteiger partial charge in [0.1, 0.15) is 5.75 Å². The first kappa shape index (κ1) is 28.6. The predicted octanol–water partition coefficient (Wildman–Crippen LogP) is 4.14. The molecule has 3 aromatic carbocycles. The van der Waals surface area contributed by atoms with E-state index in [0.29, 0.717) is 53.9 Å². The molecule has 2 aliphatic heterocycles. The van der Waals surface area contributed by atoms with Crippen molar-refractivity contribution in [2.24, 2.45) is 0 Å². The van der Waals surface area contributed by atoms with E-state index in [0.717, 1.165) is 22.5 Å². The van der Waals surface area contributed by atoms with E-state index in [9.17, 15) is 24.0 Å². The van der Waals surface area contributed by atoms with Crippen molar-refractivity contribution in [1.29, 1.82) is 0 Å². The van der Waals surface area contributed by atoms with E-state index in [-0.39, 0.29) is 37.6 Å². The molecule has 0 unspecified atom stereocenters. The van der Waals surface area contributed by atoms with Gasteiger partial charge in [-0.3, -0.25) is 24.1 Å². The van der Waals surface area contributed by atoms with Crippen LogP contribution in [0.5, 0.6) is 5.75 Å². The second-order valence-electron chi connectivity index (χ2n) is 10.1. The number of nitrogens with one attached hydrogen (secondary N) is 2. The van der Waals surface area contributed by atoms with Gasteiger partial charge in [0.15, 0.2) is 0 Å². The largest absolute Gasteiger partial charge is 0.497 e. The highest BCUT2D eigenvalue weighted by Crippen LogP contribution is 2.34. The number of benzene rings is 3. The Morgan fingerprint density at radius 2 is 1.50 bits per heavy atom. The van der Waals surface area contributed by atoms with Crippen LogP contribution < -0.4 is 15.4 Å². The van der Waals surface area contributed by atoms with Gasteiger partial charge in [0.25, 0.3) is 23.6 Å². The molecule has 0 bridgehead atoms. The molecule has 0 aromatic heterocycles. The summed E-state index contributed by atoms with van der Waals surface area (Å²) in [4.78, 5) is 68.0. The molecule has 0 atom stereocenters. The summed E-state index contributed by atoms with van der Waals surface area (Å²) in [5, 5.41) is 8.74. The highest BCUT2D eigenvalue weighted by Gasteiger charge is 2.34. The van der Waals surface area contributed by atoms with E-state index in [1.165, 1.54) is 4.90 Å². The molecule has 0 aliphatic carbocycles. The van der Waals surface area contributed by atoms with E-state index >= 15 is 0 Å². The molecule has 3 aromatic rings. The quantitative estimate of drug-likeness (QED) is 0.229. The van der Waals surface area contributed by atoms with Crippen LogP contribution in [-0.4, -0.2) is 66.3 Å². The summed E-state index contributed by atoms with van der Waals surface area (Å²) in [6, 6.07) is 16.7. The van der Waals surface area contributed by atoms with Gasteiger partial charge in [0.2, 0.25) is 0 Å². The van der Waals surface area contributed by atoms with Gasteiger partial charge in [-0.25, -0.2) is 4.79 Å². The van der Waals surface area contributed by atoms with Crippen LogP contribution in [-0.2, 0) is 19.2 Å². The summed E-state index contributed by atoms with van der Waals surface area (Å²) < 4.78 is 5.18. The molecule has 2 aliphatic rings. The highest BCUT2D eigenvalue weighted by atomic mass is 16.7. The number of carbonyl (C=O) groups excluding carboxylic acids is 5. The molecule has 0 saturated carbocycles. The zero-order chi connectivity index (χ0) is 29.6. The predicted molar refractivity (Wildman–Crippen MR) is 155 cm³/mol. The van der Waals surface area contributed by atoms with Crippen LogP contribution in [0, 0.1) is 0 Å². The first-order chi connectivity index (χ1) is 20.4. The van der Waals surface area contributed by atoms with Crippen molar-refractivity contribution in [1.82, 2.24) is 9.96 Å². The van der Waals surface area contributed by atoms with Crippen molar-refractivity contribution in [2.75, 3.05) is 37.4 Å². The van der Waals surface area contributed by atoms with Crippen molar-refractivity contribution >= 4 is 51.7 Å². The molecule has 42 heavy (non-hydrogen) atoms. The molecule has 1 saturated heterocycles. The van der Waals surface area contributed by atoms with Crippen LogP contribution in [0.4, 0.5) is 11.4 Å². The van der Waals surface area contributed by atoms with Gasteiger partial charge in [-0.2, -0.15) is 0 Å². The molecule has 1 fully saturated rings. The lowest BCUT2D eigenvalue weighted by Gasteiger charge is -2.28. The number of rotatable bonds is 13. The maximum absolute atomic E-state index is 13.3. The van der Waals surface area contributed by atoms with E-state index < -0.39 is 17.8 Å². The molecule has 11 nitrogen and oxygen atoms in total. The first-order valence-electron chi connectivity index (χ1n) is 14.0. The molecule has 2 N–H and O–H groups in total. The standard InChI is InChI=1S/C31H32N4O7/c1-41-21-11-9-20(10-12-21)32-17-18-33-25-14-13-24-29-22(25)6-5-7-23(29)30(39)34(31(24)40)19-4-2-3-8-28(38)42-35-26(36)15-16-27(35)37/h5-7,9-14,32-33H,2-4,8,15-19H2,1H3. The fourth-order valence-corrected chi connectivity index (χ4v) is 5.14. The minimum Gasteiger partial charge on any atom is -0.497 e. The van der Waals surface area contributed by atoms with Crippen LogP contribution in [0.15, 0.2) is 54.6 Å². The minimum atomic E-state index is -0.662. The lowest BCUT2D eigenvalue weighted by Crippen LogP contribution is -2.40. The van der Waals surface area contributed by atoms with Gasteiger partial charge in [-0.1, -0.05) is 18.6 Å². The summed E-state index contributed by atoms with van der Waals surface area (Å²) in [6.07, 6.45) is 1.59. The number of hydroxylamine groups is 2. The van der Waals surface area contributed by atoms with Crippen LogP contribution in [0.2, 0.25) is 0 Å². The number of hydrogen-bond donors (Lipinski definition) is 2. The third-order valence-corrected chi connectivity index (χ3v) is 7.31. The lowest BCUT2D eigenvalue weighted by atomic mass is 9.93. The fraction of sp³-hybridized carbons (Fsp3) is 0.323. The van der Waals surface area contributed by atoms with Gasteiger partial charge in [-0.15, -0.1) is 5.06 Å². The Bertz CT molecular complexity index is 1500. The van der Waals surface area contributed by atoms with Crippen LogP contribution in [0.25, 0.3) is 10.8 Å². The van der Waals surface area contributed by atoms with Gasteiger partial charge in [-0.05, 0) is 55.3 Å². The summed E-state index contributed by atoms with van der Waals surface area (Å²) in [5.74, 6) is -1.60. The number of imide groups is 2. The number of methoxy groups -OCH3 is 1. The molecule has 5 rings (SSSR count).